The molecule has 2 N–H and O–H groups in total. The van der Waals surface area contributed by atoms with Gasteiger partial charge in [-0.05, 0) is 56.2 Å². The van der Waals surface area contributed by atoms with E-state index in [0.717, 1.165) is 29.7 Å². The predicted molar refractivity (Wildman–Crippen MR) is 97.1 cm³/mol. The van der Waals surface area contributed by atoms with Crippen molar-refractivity contribution in [3.05, 3.63) is 36.7 Å². The minimum atomic E-state index is -0.397. The Hall–Kier alpha value is -2.14. The van der Waals surface area contributed by atoms with Crippen LogP contribution in [-0.2, 0) is 4.79 Å². The summed E-state index contributed by atoms with van der Waals surface area (Å²) >= 11 is 0. The Morgan fingerprint density at radius 1 is 1.24 bits per heavy atom. The van der Waals surface area contributed by atoms with Gasteiger partial charge in [-0.2, -0.15) is 5.10 Å². The van der Waals surface area contributed by atoms with E-state index in [-0.39, 0.29) is 12.0 Å². The molecule has 4 rings (SSSR count). The lowest BCUT2D eigenvalue weighted by atomic mass is 9.74. The molecule has 2 aliphatic carbocycles. The van der Waals surface area contributed by atoms with Gasteiger partial charge in [-0.25, -0.2) is 0 Å². The molecule has 0 atom stereocenters. The normalized spacial score (nSPS) is 26.4. The lowest BCUT2D eigenvalue weighted by molar-refractivity contribution is -0.127. The highest BCUT2D eigenvalue weighted by Crippen LogP contribution is 2.38. The molecule has 0 saturated heterocycles. The lowest BCUT2D eigenvalue weighted by Crippen LogP contribution is -2.38. The third-order valence-corrected chi connectivity index (χ3v) is 5.58. The first-order chi connectivity index (χ1) is 12.0. The van der Waals surface area contributed by atoms with Crippen LogP contribution in [0.3, 0.4) is 0 Å². The summed E-state index contributed by atoms with van der Waals surface area (Å²) in [6, 6.07) is 8.51. The van der Waals surface area contributed by atoms with Gasteiger partial charge in [0.1, 0.15) is 0 Å². The van der Waals surface area contributed by atoms with E-state index < -0.39 is 5.41 Å². The maximum absolute atomic E-state index is 12.7. The molecule has 1 heterocycles. The molecule has 2 fully saturated rings. The van der Waals surface area contributed by atoms with Crippen LogP contribution in [0.25, 0.3) is 11.1 Å². The van der Waals surface area contributed by atoms with Gasteiger partial charge in [-0.3, -0.25) is 9.48 Å². The summed E-state index contributed by atoms with van der Waals surface area (Å²) < 4.78 is 2.04. The second-order valence-electron chi connectivity index (χ2n) is 7.77. The number of benzene rings is 1. The molecule has 2 aliphatic rings. The van der Waals surface area contributed by atoms with E-state index in [1.54, 1.807) is 0 Å². The molecule has 25 heavy (non-hydrogen) atoms. The maximum atomic E-state index is 12.7. The molecule has 0 unspecified atom stereocenters. The lowest BCUT2D eigenvalue weighted by Gasteiger charge is -2.34. The minimum absolute atomic E-state index is 0.0465. The number of carbonyl (C=O) groups excluding carboxylic acids is 1. The Labute approximate surface area is 148 Å². The average Bonchev–Trinajstić information content (AvgIpc) is 3.35. The van der Waals surface area contributed by atoms with Crippen molar-refractivity contribution in [3.63, 3.8) is 0 Å². The molecule has 1 aromatic carbocycles. The second kappa shape index (κ2) is 6.30. The molecule has 0 bridgehead atoms. The monoisotopic (exact) mass is 339 g/mol. The highest BCUT2D eigenvalue weighted by atomic mass is 16.3. The van der Waals surface area contributed by atoms with Gasteiger partial charge in [0.05, 0.1) is 18.3 Å². The highest BCUT2D eigenvalue weighted by molar-refractivity contribution is 5.95. The zero-order chi connectivity index (χ0) is 17.4. The van der Waals surface area contributed by atoms with Gasteiger partial charge >= 0.3 is 0 Å². The highest BCUT2D eigenvalue weighted by Gasteiger charge is 2.37. The van der Waals surface area contributed by atoms with Crippen molar-refractivity contribution >= 4 is 11.6 Å². The summed E-state index contributed by atoms with van der Waals surface area (Å²) in [6.07, 6.45) is 9.00. The SMILES string of the molecule is CC1(C(=O)Nc2cccc(-c3cnn(C4CC4)c3)c2)CCC(O)CC1. The van der Waals surface area contributed by atoms with E-state index in [2.05, 4.69) is 16.6 Å². The van der Waals surface area contributed by atoms with Crippen LogP contribution in [0.4, 0.5) is 5.69 Å². The van der Waals surface area contributed by atoms with Crippen LogP contribution >= 0.6 is 0 Å². The Bertz CT molecular complexity index is 771. The van der Waals surface area contributed by atoms with Crippen LogP contribution in [0.15, 0.2) is 36.7 Å². The summed E-state index contributed by atoms with van der Waals surface area (Å²) in [5.74, 6) is 0.0465. The van der Waals surface area contributed by atoms with Crippen LogP contribution in [0.1, 0.15) is 51.5 Å². The van der Waals surface area contributed by atoms with E-state index in [1.807, 2.05) is 42.1 Å². The first kappa shape index (κ1) is 16.3. The average molecular weight is 339 g/mol. The molecule has 2 aromatic rings. The number of anilines is 1. The van der Waals surface area contributed by atoms with E-state index in [1.165, 1.54) is 12.8 Å². The molecular formula is C20H25N3O2. The topological polar surface area (TPSA) is 67.2 Å². The Morgan fingerprint density at radius 2 is 2.00 bits per heavy atom. The number of aliphatic hydroxyl groups excluding tert-OH is 1. The van der Waals surface area contributed by atoms with Crippen LogP contribution in [-0.4, -0.2) is 26.9 Å². The molecule has 0 spiro atoms. The molecule has 5 heteroatoms. The summed E-state index contributed by atoms with van der Waals surface area (Å²) in [5.41, 5.74) is 2.56. The van der Waals surface area contributed by atoms with Gasteiger partial charge < -0.3 is 10.4 Å². The second-order valence-corrected chi connectivity index (χ2v) is 7.77. The molecule has 1 aromatic heterocycles. The van der Waals surface area contributed by atoms with Gasteiger partial charge in [-0.15, -0.1) is 0 Å². The van der Waals surface area contributed by atoms with Gasteiger partial charge in [0, 0.05) is 22.9 Å². The summed E-state index contributed by atoms with van der Waals surface area (Å²) in [4.78, 5) is 12.7. The number of carbonyl (C=O) groups is 1. The largest absolute Gasteiger partial charge is 0.393 e. The van der Waals surface area contributed by atoms with Crippen molar-refractivity contribution in [3.8, 4) is 11.1 Å². The molecule has 132 valence electrons. The fraction of sp³-hybridized carbons (Fsp3) is 0.500. The quantitative estimate of drug-likeness (QED) is 0.891. The number of amides is 1. The van der Waals surface area contributed by atoms with Gasteiger partial charge in [0.2, 0.25) is 5.91 Å². The zero-order valence-electron chi connectivity index (χ0n) is 14.6. The first-order valence-electron chi connectivity index (χ1n) is 9.18. The van der Waals surface area contributed by atoms with Crippen molar-refractivity contribution in [2.45, 2.75) is 57.6 Å². The Balaban J connectivity index is 1.48. The Kier molecular flexibility index (Phi) is 4.12. The van der Waals surface area contributed by atoms with Crippen molar-refractivity contribution in [2.75, 3.05) is 5.32 Å². The third kappa shape index (κ3) is 3.47. The number of nitrogens with zero attached hydrogens (tertiary/aromatic N) is 2. The van der Waals surface area contributed by atoms with Gasteiger partial charge in [0.15, 0.2) is 0 Å². The molecule has 0 radical (unpaired) electrons. The number of rotatable bonds is 4. The van der Waals surface area contributed by atoms with E-state index >= 15 is 0 Å². The number of aliphatic hydroxyl groups is 1. The number of nitrogens with one attached hydrogen (secondary N) is 1. The number of aromatic nitrogens is 2. The van der Waals surface area contributed by atoms with E-state index in [4.69, 9.17) is 0 Å². The maximum Gasteiger partial charge on any atom is 0.230 e. The minimum Gasteiger partial charge on any atom is -0.393 e. The van der Waals surface area contributed by atoms with Crippen molar-refractivity contribution < 1.29 is 9.90 Å². The van der Waals surface area contributed by atoms with Crippen molar-refractivity contribution in [1.29, 1.82) is 0 Å². The van der Waals surface area contributed by atoms with E-state index in [9.17, 15) is 9.90 Å². The predicted octanol–water partition coefficient (Wildman–Crippen LogP) is 3.76. The fourth-order valence-corrected chi connectivity index (χ4v) is 3.55. The van der Waals surface area contributed by atoms with E-state index in [0.29, 0.717) is 18.9 Å². The smallest absolute Gasteiger partial charge is 0.230 e. The van der Waals surface area contributed by atoms with Gasteiger partial charge in [0.25, 0.3) is 0 Å². The number of hydrogen-bond donors (Lipinski definition) is 2. The summed E-state index contributed by atoms with van der Waals surface area (Å²) in [6.45, 7) is 2.00. The fourth-order valence-electron chi connectivity index (χ4n) is 3.55. The number of hydrogen-bond acceptors (Lipinski definition) is 3. The molecule has 1 amide bonds. The molecular weight excluding hydrogens is 314 g/mol. The van der Waals surface area contributed by atoms with Crippen molar-refractivity contribution in [1.82, 2.24) is 9.78 Å². The first-order valence-corrected chi connectivity index (χ1v) is 9.18. The van der Waals surface area contributed by atoms with Crippen LogP contribution < -0.4 is 5.32 Å². The van der Waals surface area contributed by atoms with Gasteiger partial charge in [-0.1, -0.05) is 19.1 Å². The molecule has 2 saturated carbocycles. The zero-order valence-corrected chi connectivity index (χ0v) is 14.6. The summed E-state index contributed by atoms with van der Waals surface area (Å²) in [7, 11) is 0. The third-order valence-electron chi connectivity index (χ3n) is 5.58. The van der Waals surface area contributed by atoms with Crippen LogP contribution in [0.2, 0.25) is 0 Å². The van der Waals surface area contributed by atoms with Crippen LogP contribution in [0, 0.1) is 5.41 Å². The van der Waals surface area contributed by atoms with Crippen molar-refractivity contribution in [2.24, 2.45) is 5.41 Å². The molecule has 0 aliphatic heterocycles. The van der Waals surface area contributed by atoms with Crippen LogP contribution in [0.5, 0.6) is 0 Å². The standard InChI is InChI=1S/C20H25N3O2/c1-20(9-7-18(24)8-10-20)19(25)22-16-4-2-3-14(11-16)15-12-21-23(13-15)17-5-6-17/h2-4,11-13,17-18,24H,5-10H2,1H3,(H,22,25). The Morgan fingerprint density at radius 3 is 2.72 bits per heavy atom. The molecule has 5 nitrogen and oxygen atoms in total. The summed E-state index contributed by atoms with van der Waals surface area (Å²) in [5, 5.41) is 17.2.